The van der Waals surface area contributed by atoms with Gasteiger partial charge >= 0.3 is 5.97 Å². The SMILES string of the molecule is CC(C)[C@@H](NS(=O)(=O)c1ccc(OCCBr)cc1)C(=O)OC(C)(C)C. The average Bonchev–Trinajstić information content (AvgIpc) is 2.49. The Morgan fingerprint density at radius 2 is 1.76 bits per heavy atom. The first-order valence-corrected chi connectivity index (χ1v) is 10.6. The number of carbonyl (C=O) groups is 1. The van der Waals surface area contributed by atoms with Gasteiger partial charge in [-0.05, 0) is 51.0 Å². The minimum absolute atomic E-state index is 0.0629. The summed E-state index contributed by atoms with van der Waals surface area (Å²) in [7, 11) is -3.86. The van der Waals surface area contributed by atoms with Gasteiger partial charge in [-0.1, -0.05) is 29.8 Å². The molecule has 0 radical (unpaired) electrons. The number of hydrogen-bond donors (Lipinski definition) is 1. The molecule has 0 amide bonds. The Bertz CT molecular complexity index is 665. The predicted octanol–water partition coefficient (Wildman–Crippen LogP) is 3.10. The summed E-state index contributed by atoms with van der Waals surface area (Å²) in [5.74, 6) is -0.277. The molecule has 142 valence electrons. The zero-order chi connectivity index (χ0) is 19.3. The first-order valence-electron chi connectivity index (χ1n) is 8.00. The van der Waals surface area contributed by atoms with Crippen molar-refractivity contribution in [3.63, 3.8) is 0 Å². The molecule has 1 atom stereocenters. The van der Waals surface area contributed by atoms with E-state index in [2.05, 4.69) is 20.7 Å². The molecule has 1 aromatic rings. The molecule has 0 fully saturated rings. The molecule has 0 aliphatic heterocycles. The Morgan fingerprint density at radius 3 is 2.20 bits per heavy atom. The molecule has 0 saturated heterocycles. The smallest absolute Gasteiger partial charge is 0.324 e. The zero-order valence-electron chi connectivity index (χ0n) is 15.2. The first kappa shape index (κ1) is 21.9. The molecule has 1 rings (SSSR count). The van der Waals surface area contributed by atoms with E-state index < -0.39 is 27.6 Å². The molecule has 1 N–H and O–H groups in total. The number of ether oxygens (including phenoxy) is 2. The quantitative estimate of drug-likeness (QED) is 0.500. The number of esters is 1. The number of halogens is 1. The molecule has 8 heteroatoms. The number of hydrogen-bond acceptors (Lipinski definition) is 5. The Morgan fingerprint density at radius 1 is 1.20 bits per heavy atom. The van der Waals surface area contributed by atoms with Crippen molar-refractivity contribution in [2.24, 2.45) is 5.92 Å². The third-order valence-corrected chi connectivity index (χ3v) is 4.87. The molecule has 0 aromatic heterocycles. The molecule has 0 bridgehead atoms. The monoisotopic (exact) mass is 435 g/mol. The maximum atomic E-state index is 12.6. The van der Waals surface area contributed by atoms with Crippen LogP contribution in [0.25, 0.3) is 0 Å². The van der Waals surface area contributed by atoms with E-state index >= 15 is 0 Å². The average molecular weight is 436 g/mol. The lowest BCUT2D eigenvalue weighted by molar-refractivity contribution is -0.158. The second kappa shape index (κ2) is 9.00. The van der Waals surface area contributed by atoms with E-state index in [1.54, 1.807) is 46.8 Å². The van der Waals surface area contributed by atoms with Crippen LogP contribution in [-0.2, 0) is 19.6 Å². The third kappa shape index (κ3) is 7.33. The summed E-state index contributed by atoms with van der Waals surface area (Å²) >= 11 is 3.25. The van der Waals surface area contributed by atoms with Gasteiger partial charge in [0.25, 0.3) is 0 Å². The molecular weight excluding hydrogens is 410 g/mol. The van der Waals surface area contributed by atoms with Crippen LogP contribution in [0.5, 0.6) is 5.75 Å². The van der Waals surface area contributed by atoms with Crippen LogP contribution >= 0.6 is 15.9 Å². The van der Waals surface area contributed by atoms with E-state index in [0.717, 1.165) is 0 Å². The normalized spacial score (nSPS) is 13.6. The fourth-order valence-corrected chi connectivity index (χ4v) is 3.42. The highest BCUT2D eigenvalue weighted by atomic mass is 79.9. The lowest BCUT2D eigenvalue weighted by Crippen LogP contribution is -2.47. The first-order chi connectivity index (χ1) is 11.5. The highest BCUT2D eigenvalue weighted by Crippen LogP contribution is 2.19. The number of rotatable bonds is 8. The van der Waals surface area contributed by atoms with Crippen molar-refractivity contribution in [3.05, 3.63) is 24.3 Å². The summed E-state index contributed by atoms with van der Waals surface area (Å²) in [6.45, 7) is 9.22. The minimum atomic E-state index is -3.86. The molecule has 0 aliphatic rings. The van der Waals surface area contributed by atoms with E-state index in [4.69, 9.17) is 9.47 Å². The van der Waals surface area contributed by atoms with Crippen LogP contribution in [-0.4, -0.2) is 38.0 Å². The van der Waals surface area contributed by atoms with Gasteiger partial charge in [0, 0.05) is 5.33 Å². The van der Waals surface area contributed by atoms with E-state index in [9.17, 15) is 13.2 Å². The summed E-state index contributed by atoms with van der Waals surface area (Å²) in [6.07, 6.45) is 0. The Balaban J connectivity index is 2.94. The molecule has 0 aliphatic carbocycles. The van der Waals surface area contributed by atoms with Gasteiger partial charge < -0.3 is 9.47 Å². The van der Waals surface area contributed by atoms with Gasteiger partial charge in [0.1, 0.15) is 17.4 Å². The van der Waals surface area contributed by atoms with E-state index in [1.165, 1.54) is 12.1 Å². The van der Waals surface area contributed by atoms with Gasteiger partial charge in [0.15, 0.2) is 0 Å². The van der Waals surface area contributed by atoms with Crippen LogP contribution in [0, 0.1) is 5.92 Å². The number of nitrogens with one attached hydrogen (secondary N) is 1. The Kier molecular flexibility index (Phi) is 7.89. The highest BCUT2D eigenvalue weighted by molar-refractivity contribution is 9.09. The molecule has 0 unspecified atom stereocenters. The van der Waals surface area contributed by atoms with Crippen LogP contribution in [0.15, 0.2) is 29.2 Å². The maximum absolute atomic E-state index is 12.6. The van der Waals surface area contributed by atoms with Crippen LogP contribution < -0.4 is 9.46 Å². The molecule has 0 spiro atoms. The van der Waals surface area contributed by atoms with Gasteiger partial charge in [-0.2, -0.15) is 4.72 Å². The molecule has 0 heterocycles. The van der Waals surface area contributed by atoms with Crippen molar-refractivity contribution in [1.29, 1.82) is 0 Å². The summed E-state index contributed by atoms with van der Waals surface area (Å²) in [4.78, 5) is 12.4. The van der Waals surface area contributed by atoms with E-state index in [-0.39, 0.29) is 10.8 Å². The second-order valence-electron chi connectivity index (χ2n) is 6.89. The number of carbonyl (C=O) groups excluding carboxylic acids is 1. The van der Waals surface area contributed by atoms with Crippen LogP contribution in [0.1, 0.15) is 34.6 Å². The van der Waals surface area contributed by atoms with Crippen molar-refractivity contribution in [3.8, 4) is 5.75 Å². The molecule has 25 heavy (non-hydrogen) atoms. The number of sulfonamides is 1. The third-order valence-electron chi connectivity index (χ3n) is 3.09. The van der Waals surface area contributed by atoms with Gasteiger partial charge in [0.2, 0.25) is 10.0 Å². The topological polar surface area (TPSA) is 81.7 Å². The van der Waals surface area contributed by atoms with Crippen molar-refractivity contribution < 1.29 is 22.7 Å². The van der Waals surface area contributed by atoms with Crippen molar-refractivity contribution in [1.82, 2.24) is 4.72 Å². The van der Waals surface area contributed by atoms with Gasteiger partial charge in [-0.3, -0.25) is 4.79 Å². The van der Waals surface area contributed by atoms with Crippen LogP contribution in [0.2, 0.25) is 0 Å². The lowest BCUT2D eigenvalue weighted by Gasteiger charge is -2.26. The van der Waals surface area contributed by atoms with Gasteiger partial charge in [-0.15, -0.1) is 0 Å². The predicted molar refractivity (Wildman–Crippen MR) is 101 cm³/mol. The molecular formula is C17H26BrNO5S. The van der Waals surface area contributed by atoms with Gasteiger partial charge in [0.05, 0.1) is 11.5 Å². The lowest BCUT2D eigenvalue weighted by atomic mass is 10.1. The summed E-state index contributed by atoms with van der Waals surface area (Å²) < 4.78 is 38.3. The molecule has 6 nitrogen and oxygen atoms in total. The fraction of sp³-hybridized carbons (Fsp3) is 0.588. The van der Waals surface area contributed by atoms with E-state index in [0.29, 0.717) is 17.7 Å². The van der Waals surface area contributed by atoms with Crippen molar-refractivity contribution >= 4 is 31.9 Å². The largest absolute Gasteiger partial charge is 0.493 e. The van der Waals surface area contributed by atoms with E-state index in [1.807, 2.05) is 0 Å². The summed E-state index contributed by atoms with van der Waals surface area (Å²) in [6, 6.07) is 5.08. The Hall–Kier alpha value is -1.12. The number of alkyl halides is 1. The highest BCUT2D eigenvalue weighted by Gasteiger charge is 2.32. The molecule has 1 aromatic carbocycles. The Labute approximate surface area is 158 Å². The summed E-state index contributed by atoms with van der Waals surface area (Å²) in [5.41, 5.74) is -0.690. The maximum Gasteiger partial charge on any atom is 0.324 e. The van der Waals surface area contributed by atoms with Crippen LogP contribution in [0.4, 0.5) is 0 Å². The zero-order valence-corrected chi connectivity index (χ0v) is 17.6. The fourth-order valence-electron chi connectivity index (χ4n) is 1.93. The second-order valence-corrected chi connectivity index (χ2v) is 9.39. The standard InChI is InChI=1S/C17H26BrNO5S/c1-12(2)15(16(20)24-17(3,4)5)19-25(21,22)14-8-6-13(7-9-14)23-11-10-18/h6-9,12,15,19H,10-11H2,1-5H3/t15-/m1/s1. The minimum Gasteiger partial charge on any atom is -0.493 e. The number of benzene rings is 1. The van der Waals surface area contributed by atoms with Crippen molar-refractivity contribution in [2.75, 3.05) is 11.9 Å². The van der Waals surface area contributed by atoms with Gasteiger partial charge in [-0.25, -0.2) is 8.42 Å². The molecule has 0 saturated carbocycles. The van der Waals surface area contributed by atoms with Crippen LogP contribution in [0.3, 0.4) is 0 Å². The van der Waals surface area contributed by atoms with Crippen molar-refractivity contribution in [2.45, 2.75) is 51.2 Å². The summed E-state index contributed by atoms with van der Waals surface area (Å²) in [5, 5.41) is 0.681.